The molecule has 0 radical (unpaired) electrons. The second kappa shape index (κ2) is 7.80. The molecule has 0 aromatic heterocycles. The number of hydrogen-bond donors (Lipinski definition) is 2. The van der Waals surface area contributed by atoms with Crippen LogP contribution < -0.4 is 11.1 Å². The van der Waals surface area contributed by atoms with E-state index in [0.717, 1.165) is 37.2 Å². The first-order chi connectivity index (χ1) is 10.2. The molecule has 3 N–H and O–H groups in total. The average molecular weight is 354 g/mol. The second-order valence-corrected chi connectivity index (χ2v) is 6.39. The number of ether oxygens (including phenoxy) is 1. The van der Waals surface area contributed by atoms with Crippen LogP contribution in [0.25, 0.3) is 0 Å². The highest BCUT2D eigenvalue weighted by Crippen LogP contribution is 2.48. The first-order valence-corrected chi connectivity index (χ1v) is 8.33. The Kier molecular flexibility index (Phi) is 6.06. The van der Waals surface area contributed by atoms with Crippen molar-refractivity contribution in [1.82, 2.24) is 5.32 Å². The Balaban J connectivity index is 1.80. The Morgan fingerprint density at radius 3 is 2.95 bits per heavy atom. The van der Waals surface area contributed by atoms with Crippen molar-refractivity contribution in [1.29, 1.82) is 0 Å². The first-order valence-electron chi connectivity index (χ1n) is 7.54. The average Bonchev–Trinajstić information content (AvgIpc) is 3.26. The molecule has 5 heteroatoms. The molecule has 0 spiro atoms. The zero-order valence-electron chi connectivity index (χ0n) is 12.6. The summed E-state index contributed by atoms with van der Waals surface area (Å²) in [6.45, 7) is 5.09. The molecule has 1 saturated carbocycles. The molecule has 1 aromatic carbocycles. The van der Waals surface area contributed by atoms with Gasteiger partial charge in [-0.1, -0.05) is 28.1 Å². The van der Waals surface area contributed by atoms with Crippen LogP contribution in [-0.4, -0.2) is 32.3 Å². The lowest BCUT2D eigenvalue weighted by atomic mass is 9.96. The zero-order valence-corrected chi connectivity index (χ0v) is 14.2. The fraction of sp³-hybridized carbons (Fsp3) is 0.562. The van der Waals surface area contributed by atoms with E-state index in [0.29, 0.717) is 5.96 Å². The van der Waals surface area contributed by atoms with Gasteiger partial charge in [0.2, 0.25) is 0 Å². The van der Waals surface area contributed by atoms with Gasteiger partial charge in [-0.25, -0.2) is 0 Å². The molecular formula is C16H24BrN3O. The van der Waals surface area contributed by atoms with Crippen LogP contribution in [0, 0.1) is 0 Å². The van der Waals surface area contributed by atoms with Gasteiger partial charge in [0.25, 0.3) is 0 Å². The van der Waals surface area contributed by atoms with Crippen molar-refractivity contribution in [3.8, 4) is 0 Å². The fourth-order valence-corrected chi connectivity index (χ4v) is 2.73. The van der Waals surface area contributed by atoms with Crippen molar-refractivity contribution >= 4 is 21.9 Å². The zero-order chi connectivity index (χ0) is 15.1. The van der Waals surface area contributed by atoms with E-state index < -0.39 is 0 Å². The summed E-state index contributed by atoms with van der Waals surface area (Å²) >= 11 is 3.53. The van der Waals surface area contributed by atoms with Crippen LogP contribution >= 0.6 is 15.9 Å². The predicted octanol–water partition coefficient (Wildman–Crippen LogP) is 2.81. The van der Waals surface area contributed by atoms with E-state index in [4.69, 9.17) is 10.5 Å². The van der Waals surface area contributed by atoms with E-state index in [1.54, 1.807) is 0 Å². The molecule has 1 fully saturated rings. The van der Waals surface area contributed by atoms with Crippen LogP contribution in [0.5, 0.6) is 0 Å². The summed E-state index contributed by atoms with van der Waals surface area (Å²) < 4.78 is 6.41. The highest BCUT2D eigenvalue weighted by atomic mass is 79.9. The largest absolute Gasteiger partial charge is 0.382 e. The van der Waals surface area contributed by atoms with Crippen molar-refractivity contribution in [3.05, 3.63) is 34.3 Å². The lowest BCUT2D eigenvalue weighted by Gasteiger charge is -2.14. The number of hydrogen-bond acceptors (Lipinski definition) is 2. The number of benzene rings is 1. The summed E-state index contributed by atoms with van der Waals surface area (Å²) in [5.74, 6) is 0.535. The fourth-order valence-electron chi connectivity index (χ4n) is 2.33. The van der Waals surface area contributed by atoms with Gasteiger partial charge in [-0.15, -0.1) is 0 Å². The normalized spacial score (nSPS) is 16.8. The predicted molar refractivity (Wildman–Crippen MR) is 90.7 cm³/mol. The topological polar surface area (TPSA) is 59.6 Å². The van der Waals surface area contributed by atoms with Crippen molar-refractivity contribution in [3.63, 3.8) is 0 Å². The smallest absolute Gasteiger partial charge is 0.188 e. The molecule has 0 unspecified atom stereocenters. The van der Waals surface area contributed by atoms with Gasteiger partial charge in [-0.2, -0.15) is 0 Å². The molecule has 116 valence electrons. The van der Waals surface area contributed by atoms with Crippen molar-refractivity contribution in [2.45, 2.75) is 31.6 Å². The molecule has 21 heavy (non-hydrogen) atoms. The Labute approximate surface area is 135 Å². The maximum atomic E-state index is 5.92. The molecule has 0 saturated heterocycles. The third-order valence-corrected chi connectivity index (χ3v) is 4.31. The Hall–Kier alpha value is -1.07. The molecule has 1 aliphatic carbocycles. The van der Waals surface area contributed by atoms with Gasteiger partial charge in [0.1, 0.15) is 0 Å². The van der Waals surface area contributed by atoms with Gasteiger partial charge in [-0.05, 0) is 43.9 Å². The van der Waals surface area contributed by atoms with Gasteiger partial charge >= 0.3 is 0 Å². The van der Waals surface area contributed by atoms with E-state index in [1.807, 2.05) is 6.92 Å². The van der Waals surface area contributed by atoms with Crippen LogP contribution in [0.2, 0.25) is 0 Å². The number of nitrogens with one attached hydrogen (secondary N) is 1. The lowest BCUT2D eigenvalue weighted by Crippen LogP contribution is -2.33. The Bertz CT molecular complexity index is 486. The summed E-state index contributed by atoms with van der Waals surface area (Å²) in [7, 11) is 0. The number of nitrogens with two attached hydrogens (primary N) is 1. The number of guanidine groups is 1. The van der Waals surface area contributed by atoms with Gasteiger partial charge in [-0.3, -0.25) is 4.99 Å². The number of halogens is 1. The summed E-state index contributed by atoms with van der Waals surface area (Å²) in [4.78, 5) is 4.51. The number of rotatable bonds is 8. The lowest BCUT2D eigenvalue weighted by molar-refractivity contribution is 0.145. The van der Waals surface area contributed by atoms with E-state index in [-0.39, 0.29) is 5.41 Å². The third kappa shape index (κ3) is 5.00. The van der Waals surface area contributed by atoms with Crippen molar-refractivity contribution in [2.75, 3.05) is 26.3 Å². The van der Waals surface area contributed by atoms with Crippen LogP contribution in [0.1, 0.15) is 31.7 Å². The SMILES string of the molecule is CCOCCCNC(N)=NCC1(c2cccc(Br)c2)CC1. The Morgan fingerprint density at radius 2 is 2.29 bits per heavy atom. The molecule has 1 aromatic rings. The highest BCUT2D eigenvalue weighted by molar-refractivity contribution is 9.10. The molecular weight excluding hydrogens is 330 g/mol. The second-order valence-electron chi connectivity index (χ2n) is 5.47. The summed E-state index contributed by atoms with van der Waals surface area (Å²) in [6, 6.07) is 8.50. The monoisotopic (exact) mass is 353 g/mol. The van der Waals surface area contributed by atoms with E-state index >= 15 is 0 Å². The van der Waals surface area contributed by atoms with Gasteiger partial charge in [0.15, 0.2) is 5.96 Å². The van der Waals surface area contributed by atoms with E-state index in [9.17, 15) is 0 Å². The molecule has 0 heterocycles. The molecule has 0 bridgehead atoms. The standard InChI is InChI=1S/C16H24BrN3O/c1-2-21-10-4-9-19-15(18)20-12-16(7-8-16)13-5-3-6-14(17)11-13/h3,5-6,11H,2,4,7-10,12H2,1H3,(H3,18,19,20). The summed E-state index contributed by atoms with van der Waals surface area (Å²) in [5.41, 5.74) is 7.47. The van der Waals surface area contributed by atoms with Crippen LogP contribution in [0.15, 0.2) is 33.7 Å². The van der Waals surface area contributed by atoms with E-state index in [2.05, 4.69) is 50.5 Å². The van der Waals surface area contributed by atoms with Gasteiger partial charge < -0.3 is 15.8 Å². The minimum Gasteiger partial charge on any atom is -0.382 e. The first kappa shape index (κ1) is 16.3. The van der Waals surface area contributed by atoms with Crippen molar-refractivity contribution < 1.29 is 4.74 Å². The molecule has 0 atom stereocenters. The maximum Gasteiger partial charge on any atom is 0.188 e. The molecule has 0 amide bonds. The van der Waals surface area contributed by atoms with Gasteiger partial charge in [0, 0.05) is 29.6 Å². The van der Waals surface area contributed by atoms with Crippen LogP contribution in [-0.2, 0) is 10.2 Å². The van der Waals surface area contributed by atoms with Crippen molar-refractivity contribution in [2.24, 2.45) is 10.7 Å². The van der Waals surface area contributed by atoms with Crippen LogP contribution in [0.3, 0.4) is 0 Å². The number of nitrogens with zero attached hydrogens (tertiary/aromatic N) is 1. The molecule has 0 aliphatic heterocycles. The Morgan fingerprint density at radius 1 is 1.48 bits per heavy atom. The molecule has 4 nitrogen and oxygen atoms in total. The minimum absolute atomic E-state index is 0.196. The molecule has 2 rings (SSSR count). The molecule has 1 aliphatic rings. The maximum absolute atomic E-state index is 5.92. The van der Waals surface area contributed by atoms with Crippen LogP contribution in [0.4, 0.5) is 0 Å². The van der Waals surface area contributed by atoms with E-state index in [1.165, 1.54) is 18.4 Å². The quantitative estimate of drug-likeness (QED) is 0.429. The number of aliphatic imine (C=N–C) groups is 1. The van der Waals surface area contributed by atoms with Gasteiger partial charge in [0.05, 0.1) is 6.54 Å². The highest BCUT2D eigenvalue weighted by Gasteiger charge is 2.44. The third-order valence-electron chi connectivity index (χ3n) is 3.82. The minimum atomic E-state index is 0.196. The summed E-state index contributed by atoms with van der Waals surface area (Å²) in [5, 5.41) is 3.14. The summed E-state index contributed by atoms with van der Waals surface area (Å²) in [6.07, 6.45) is 3.32.